The molecule has 1 rings (SSSR count). The van der Waals surface area contributed by atoms with E-state index in [1.807, 2.05) is 38.1 Å². The number of carbonyl (C=O) groups excluding carboxylic acids is 2. The van der Waals surface area contributed by atoms with Gasteiger partial charge in [0.2, 0.25) is 0 Å². The van der Waals surface area contributed by atoms with Crippen molar-refractivity contribution in [2.45, 2.75) is 39.8 Å². The molecule has 0 aliphatic heterocycles. The molecule has 3 N–H and O–H groups in total. The van der Waals surface area contributed by atoms with Crippen LogP contribution in [-0.2, 0) is 9.53 Å². The summed E-state index contributed by atoms with van der Waals surface area (Å²) in [5, 5.41) is 2.83. The van der Waals surface area contributed by atoms with E-state index in [1.165, 1.54) is 0 Å². The SMILES string of the molecule is Cc1ccc(C(C)NC(=O)[C@@H](OC(N)=O)C(C)C)cc1. The van der Waals surface area contributed by atoms with Gasteiger partial charge in [0.15, 0.2) is 6.10 Å². The van der Waals surface area contributed by atoms with Gasteiger partial charge >= 0.3 is 6.09 Å². The number of hydrogen-bond donors (Lipinski definition) is 2. The second-order valence-electron chi connectivity index (χ2n) is 5.24. The average molecular weight is 278 g/mol. The number of hydrogen-bond acceptors (Lipinski definition) is 3. The number of rotatable bonds is 5. The Morgan fingerprint density at radius 3 is 2.15 bits per heavy atom. The molecule has 2 amide bonds. The molecule has 1 aromatic rings. The van der Waals surface area contributed by atoms with E-state index in [9.17, 15) is 9.59 Å². The number of carbonyl (C=O) groups is 2. The summed E-state index contributed by atoms with van der Waals surface area (Å²) in [6, 6.07) is 7.72. The Bertz CT molecular complexity index is 469. The maximum Gasteiger partial charge on any atom is 0.405 e. The Kier molecular flexibility index (Phi) is 5.55. The summed E-state index contributed by atoms with van der Waals surface area (Å²) in [4.78, 5) is 23.0. The van der Waals surface area contributed by atoms with Gasteiger partial charge in [-0.1, -0.05) is 43.7 Å². The minimum absolute atomic E-state index is 0.146. The lowest BCUT2D eigenvalue weighted by Gasteiger charge is -2.22. The third-order valence-corrected chi connectivity index (χ3v) is 3.04. The standard InChI is InChI=1S/C15H22N2O3/c1-9(2)13(20-15(16)19)14(18)17-11(4)12-7-5-10(3)6-8-12/h5-9,11,13H,1-4H3,(H2,16,19)(H,17,18)/t11?,13-/m0/s1. The van der Waals surface area contributed by atoms with Gasteiger partial charge in [0, 0.05) is 0 Å². The number of amides is 2. The summed E-state index contributed by atoms with van der Waals surface area (Å²) < 4.78 is 4.86. The van der Waals surface area contributed by atoms with Crippen LogP contribution < -0.4 is 11.1 Å². The molecular weight excluding hydrogens is 256 g/mol. The average Bonchev–Trinajstić information content (AvgIpc) is 2.35. The van der Waals surface area contributed by atoms with E-state index in [1.54, 1.807) is 13.8 Å². The molecule has 1 unspecified atom stereocenters. The zero-order valence-electron chi connectivity index (χ0n) is 12.3. The van der Waals surface area contributed by atoms with Crippen molar-refractivity contribution in [2.75, 3.05) is 0 Å². The molecular formula is C15H22N2O3. The van der Waals surface area contributed by atoms with Gasteiger partial charge in [0.25, 0.3) is 5.91 Å². The Labute approximate surface area is 119 Å². The number of primary amides is 1. The number of ether oxygens (including phenoxy) is 1. The molecule has 0 heterocycles. The molecule has 2 atom stereocenters. The number of nitrogens with two attached hydrogens (primary N) is 1. The van der Waals surface area contributed by atoms with Crippen LogP contribution in [0.4, 0.5) is 4.79 Å². The van der Waals surface area contributed by atoms with Crippen LogP contribution in [0.2, 0.25) is 0 Å². The molecule has 0 radical (unpaired) electrons. The van der Waals surface area contributed by atoms with Crippen molar-refractivity contribution in [1.82, 2.24) is 5.32 Å². The molecule has 0 saturated carbocycles. The van der Waals surface area contributed by atoms with E-state index in [0.717, 1.165) is 11.1 Å². The molecule has 0 aromatic heterocycles. The number of benzene rings is 1. The van der Waals surface area contributed by atoms with E-state index >= 15 is 0 Å². The van der Waals surface area contributed by atoms with Gasteiger partial charge in [0.05, 0.1) is 6.04 Å². The first kappa shape index (κ1) is 16.0. The van der Waals surface area contributed by atoms with Crippen LogP contribution in [-0.4, -0.2) is 18.1 Å². The number of nitrogens with one attached hydrogen (secondary N) is 1. The van der Waals surface area contributed by atoms with Gasteiger partial charge in [-0.15, -0.1) is 0 Å². The van der Waals surface area contributed by atoms with Gasteiger partial charge in [0.1, 0.15) is 0 Å². The first-order valence-electron chi connectivity index (χ1n) is 6.64. The van der Waals surface area contributed by atoms with E-state index in [-0.39, 0.29) is 17.9 Å². The third-order valence-electron chi connectivity index (χ3n) is 3.04. The summed E-state index contributed by atoms with van der Waals surface area (Å²) in [6.45, 7) is 7.47. The van der Waals surface area contributed by atoms with Crippen LogP contribution in [0.5, 0.6) is 0 Å². The van der Waals surface area contributed by atoms with E-state index in [4.69, 9.17) is 10.5 Å². The zero-order chi connectivity index (χ0) is 15.3. The molecule has 0 bridgehead atoms. The minimum Gasteiger partial charge on any atom is -0.436 e. The second kappa shape index (κ2) is 6.93. The molecule has 20 heavy (non-hydrogen) atoms. The first-order chi connectivity index (χ1) is 9.31. The summed E-state index contributed by atoms with van der Waals surface area (Å²) in [6.07, 6.45) is -1.82. The largest absolute Gasteiger partial charge is 0.436 e. The first-order valence-corrected chi connectivity index (χ1v) is 6.64. The van der Waals surface area contributed by atoms with Crippen LogP contribution in [0.15, 0.2) is 24.3 Å². The predicted molar refractivity (Wildman–Crippen MR) is 77.0 cm³/mol. The highest BCUT2D eigenvalue weighted by molar-refractivity contribution is 5.83. The molecule has 0 saturated heterocycles. The maximum atomic E-state index is 12.1. The summed E-state index contributed by atoms with van der Waals surface area (Å²) >= 11 is 0. The van der Waals surface area contributed by atoms with Crippen molar-refractivity contribution in [3.05, 3.63) is 35.4 Å². The van der Waals surface area contributed by atoms with E-state index in [2.05, 4.69) is 5.32 Å². The molecule has 0 spiro atoms. The number of aryl methyl sites for hydroxylation is 1. The topological polar surface area (TPSA) is 81.4 Å². The highest BCUT2D eigenvalue weighted by Gasteiger charge is 2.26. The Hall–Kier alpha value is -2.04. The predicted octanol–water partition coefficient (Wildman–Crippen LogP) is 2.29. The van der Waals surface area contributed by atoms with Crippen molar-refractivity contribution in [1.29, 1.82) is 0 Å². The lowest BCUT2D eigenvalue weighted by molar-refractivity contribution is -0.132. The fraction of sp³-hybridized carbons (Fsp3) is 0.467. The van der Waals surface area contributed by atoms with E-state index in [0.29, 0.717) is 0 Å². The van der Waals surface area contributed by atoms with Crippen molar-refractivity contribution in [3.8, 4) is 0 Å². The van der Waals surface area contributed by atoms with E-state index < -0.39 is 12.2 Å². The Morgan fingerprint density at radius 1 is 1.15 bits per heavy atom. The molecule has 0 aliphatic rings. The zero-order valence-corrected chi connectivity index (χ0v) is 12.3. The third kappa shape index (κ3) is 4.57. The van der Waals surface area contributed by atoms with Crippen molar-refractivity contribution < 1.29 is 14.3 Å². The molecule has 1 aromatic carbocycles. The highest BCUT2D eigenvalue weighted by Crippen LogP contribution is 2.15. The van der Waals surface area contributed by atoms with Crippen LogP contribution in [0.25, 0.3) is 0 Å². The maximum absolute atomic E-state index is 12.1. The fourth-order valence-corrected chi connectivity index (χ4v) is 1.85. The quantitative estimate of drug-likeness (QED) is 0.867. The summed E-state index contributed by atoms with van der Waals surface area (Å²) in [7, 11) is 0. The lowest BCUT2D eigenvalue weighted by Crippen LogP contribution is -2.42. The van der Waals surface area contributed by atoms with Gasteiger partial charge < -0.3 is 15.8 Å². The van der Waals surface area contributed by atoms with Gasteiger partial charge in [-0.25, -0.2) is 4.79 Å². The molecule has 0 fully saturated rings. The minimum atomic E-state index is -0.943. The van der Waals surface area contributed by atoms with Crippen LogP contribution in [0.1, 0.15) is 37.9 Å². The smallest absolute Gasteiger partial charge is 0.405 e. The van der Waals surface area contributed by atoms with Crippen molar-refractivity contribution in [3.63, 3.8) is 0 Å². The molecule has 0 aliphatic carbocycles. The normalized spacial score (nSPS) is 13.7. The van der Waals surface area contributed by atoms with Gasteiger partial charge in [-0.3, -0.25) is 4.79 Å². The fourth-order valence-electron chi connectivity index (χ4n) is 1.85. The Morgan fingerprint density at radius 2 is 1.70 bits per heavy atom. The van der Waals surface area contributed by atoms with Crippen LogP contribution in [0.3, 0.4) is 0 Å². The summed E-state index contributed by atoms with van der Waals surface area (Å²) in [5.41, 5.74) is 7.13. The van der Waals surface area contributed by atoms with Crippen LogP contribution >= 0.6 is 0 Å². The van der Waals surface area contributed by atoms with Gasteiger partial charge in [-0.2, -0.15) is 0 Å². The van der Waals surface area contributed by atoms with Gasteiger partial charge in [-0.05, 0) is 25.3 Å². The highest BCUT2D eigenvalue weighted by atomic mass is 16.6. The molecule has 110 valence electrons. The monoisotopic (exact) mass is 278 g/mol. The molecule has 5 nitrogen and oxygen atoms in total. The summed E-state index contributed by atoms with van der Waals surface area (Å²) in [5.74, 6) is -0.486. The van der Waals surface area contributed by atoms with Crippen molar-refractivity contribution in [2.24, 2.45) is 11.7 Å². The lowest BCUT2D eigenvalue weighted by atomic mass is 10.0. The van der Waals surface area contributed by atoms with Crippen LogP contribution in [0, 0.1) is 12.8 Å². The second-order valence-corrected chi connectivity index (χ2v) is 5.24. The Balaban J connectivity index is 2.72. The van der Waals surface area contributed by atoms with Crippen molar-refractivity contribution >= 4 is 12.0 Å². The molecule has 5 heteroatoms.